The second-order valence-electron chi connectivity index (χ2n) is 7.26. The van der Waals surface area contributed by atoms with Crippen molar-refractivity contribution in [3.8, 4) is 11.5 Å². The number of fused-ring (bicyclic) bond motifs is 1. The summed E-state index contributed by atoms with van der Waals surface area (Å²) in [5.41, 5.74) is 0.845. The molecule has 2 aromatic rings. The molecule has 0 saturated carbocycles. The zero-order chi connectivity index (χ0) is 20.3. The Balaban J connectivity index is 1.70. The summed E-state index contributed by atoms with van der Waals surface area (Å²) in [5, 5.41) is 9.25. The molecule has 148 valence electrons. The van der Waals surface area contributed by atoms with Gasteiger partial charge < -0.3 is 19.5 Å². The maximum atomic E-state index is 12.8. The summed E-state index contributed by atoms with van der Waals surface area (Å²) in [6.07, 6.45) is 1.58. The van der Waals surface area contributed by atoms with Crippen molar-refractivity contribution >= 4 is 17.6 Å². The topological polar surface area (TPSA) is 76.1 Å². The van der Waals surface area contributed by atoms with Crippen molar-refractivity contribution in [1.82, 2.24) is 0 Å². The highest BCUT2D eigenvalue weighted by Gasteiger charge is 2.40. The monoisotopic (exact) mass is 383 g/mol. The molecule has 6 nitrogen and oxygen atoms in total. The lowest BCUT2D eigenvalue weighted by Gasteiger charge is -2.39. The molecule has 3 rings (SSSR count). The van der Waals surface area contributed by atoms with E-state index < -0.39 is 11.6 Å². The number of carbonyl (C=O) groups excluding carboxylic acids is 1. The molecule has 0 saturated heterocycles. The first-order valence-electron chi connectivity index (χ1n) is 9.42. The highest BCUT2D eigenvalue weighted by atomic mass is 16.5. The Morgan fingerprint density at radius 1 is 1.18 bits per heavy atom. The molecule has 28 heavy (non-hydrogen) atoms. The summed E-state index contributed by atoms with van der Waals surface area (Å²) in [5.74, 6) is 0.0544. The van der Waals surface area contributed by atoms with Crippen LogP contribution < -0.4 is 14.4 Å². The van der Waals surface area contributed by atoms with Crippen LogP contribution in [0.2, 0.25) is 0 Å². The van der Waals surface area contributed by atoms with Crippen LogP contribution in [0.15, 0.2) is 42.5 Å². The van der Waals surface area contributed by atoms with Crippen LogP contribution in [-0.4, -0.2) is 35.7 Å². The molecule has 0 unspecified atom stereocenters. The molecule has 1 heterocycles. The summed E-state index contributed by atoms with van der Waals surface area (Å²) in [6, 6.07) is 12.5. The second-order valence-corrected chi connectivity index (χ2v) is 7.26. The molecule has 0 bridgehead atoms. The van der Waals surface area contributed by atoms with E-state index in [1.165, 1.54) is 17.7 Å². The third-order valence-corrected chi connectivity index (χ3v) is 4.75. The Bertz CT molecular complexity index is 873. The Labute approximate surface area is 164 Å². The highest BCUT2D eigenvalue weighted by molar-refractivity contribution is 6.03. The molecule has 2 aromatic carbocycles. The molecule has 0 aliphatic carbocycles. The fourth-order valence-electron chi connectivity index (χ4n) is 3.16. The van der Waals surface area contributed by atoms with Crippen LogP contribution >= 0.6 is 0 Å². The van der Waals surface area contributed by atoms with E-state index in [0.717, 1.165) is 12.2 Å². The number of hydrogen-bond acceptors (Lipinski definition) is 4. The van der Waals surface area contributed by atoms with Gasteiger partial charge in [-0.2, -0.15) is 0 Å². The minimum absolute atomic E-state index is 0.118. The number of nitrogens with zero attached hydrogens (tertiary/aromatic N) is 1. The molecule has 0 aromatic heterocycles. The van der Waals surface area contributed by atoms with Gasteiger partial charge in [-0.15, -0.1) is 0 Å². The van der Waals surface area contributed by atoms with Crippen molar-refractivity contribution in [1.29, 1.82) is 0 Å². The van der Waals surface area contributed by atoms with Crippen LogP contribution in [0.3, 0.4) is 0 Å². The van der Waals surface area contributed by atoms with Crippen molar-refractivity contribution in [3.05, 3.63) is 53.6 Å². The number of carboxylic acid groups (broad SMARTS) is 1. The zero-order valence-electron chi connectivity index (χ0n) is 16.4. The van der Waals surface area contributed by atoms with E-state index in [1.54, 1.807) is 24.8 Å². The predicted octanol–water partition coefficient (Wildman–Crippen LogP) is 3.92. The molecule has 1 aliphatic heterocycles. The average molecular weight is 383 g/mol. The van der Waals surface area contributed by atoms with Gasteiger partial charge >= 0.3 is 5.97 Å². The van der Waals surface area contributed by atoms with Gasteiger partial charge in [-0.25, -0.2) is 4.79 Å². The first-order valence-corrected chi connectivity index (χ1v) is 9.42. The van der Waals surface area contributed by atoms with E-state index in [2.05, 4.69) is 6.92 Å². The van der Waals surface area contributed by atoms with Crippen LogP contribution in [0.5, 0.6) is 11.5 Å². The molecule has 0 radical (unpaired) electrons. The summed E-state index contributed by atoms with van der Waals surface area (Å²) in [7, 11) is 0. The van der Waals surface area contributed by atoms with Gasteiger partial charge in [0.15, 0.2) is 5.60 Å². The summed E-state index contributed by atoms with van der Waals surface area (Å²) in [6.45, 7) is 6.38. The van der Waals surface area contributed by atoms with E-state index in [1.807, 2.05) is 24.3 Å². The molecule has 1 N–H and O–H groups in total. The highest BCUT2D eigenvalue weighted by Crippen LogP contribution is 2.38. The molecule has 1 amide bonds. The number of anilines is 1. The lowest BCUT2D eigenvalue weighted by atomic mass is 10.0. The van der Waals surface area contributed by atoms with Gasteiger partial charge in [0.2, 0.25) is 0 Å². The van der Waals surface area contributed by atoms with E-state index in [-0.39, 0.29) is 11.5 Å². The number of aromatic carboxylic acids is 1. The normalized spacial score (nSPS) is 15.0. The second kappa shape index (κ2) is 7.92. The van der Waals surface area contributed by atoms with Gasteiger partial charge in [0.25, 0.3) is 5.91 Å². The molecule has 0 fully saturated rings. The molecule has 0 atom stereocenters. The number of ether oxygens (including phenoxy) is 2. The number of amides is 1. The van der Waals surface area contributed by atoms with Crippen LogP contribution in [0, 0.1) is 0 Å². The van der Waals surface area contributed by atoms with E-state index in [9.17, 15) is 14.7 Å². The number of carbonyl (C=O) groups is 2. The van der Waals surface area contributed by atoms with Gasteiger partial charge in [0.05, 0.1) is 17.9 Å². The lowest BCUT2D eigenvalue weighted by molar-refractivity contribution is -0.132. The fraction of sp³-hybridized carbons (Fsp3) is 0.364. The minimum Gasteiger partial charge on any atom is -0.494 e. The number of aryl methyl sites for hydroxylation is 1. The van der Waals surface area contributed by atoms with Crippen molar-refractivity contribution in [2.75, 3.05) is 18.1 Å². The first kappa shape index (κ1) is 19.7. The predicted molar refractivity (Wildman–Crippen MR) is 106 cm³/mol. The minimum atomic E-state index is -1.04. The molecule has 6 heteroatoms. The van der Waals surface area contributed by atoms with Crippen LogP contribution in [0.4, 0.5) is 5.69 Å². The fourth-order valence-corrected chi connectivity index (χ4v) is 3.16. The summed E-state index contributed by atoms with van der Waals surface area (Å²) < 4.78 is 11.5. The SMILES string of the molecule is CCc1ccc(OCCCN2C(=O)C(C)(C)Oc3ccc(C(=O)O)cc32)cc1. The van der Waals surface area contributed by atoms with Crippen LogP contribution in [0.25, 0.3) is 0 Å². The van der Waals surface area contributed by atoms with Crippen LogP contribution in [-0.2, 0) is 11.2 Å². The Morgan fingerprint density at radius 3 is 2.54 bits per heavy atom. The quantitative estimate of drug-likeness (QED) is 0.734. The summed E-state index contributed by atoms with van der Waals surface area (Å²) in [4.78, 5) is 25.7. The van der Waals surface area contributed by atoms with Gasteiger partial charge in [0.1, 0.15) is 11.5 Å². The smallest absolute Gasteiger partial charge is 0.335 e. The average Bonchev–Trinajstić information content (AvgIpc) is 2.67. The number of rotatable bonds is 7. The summed E-state index contributed by atoms with van der Waals surface area (Å²) >= 11 is 0. The Morgan fingerprint density at radius 2 is 1.89 bits per heavy atom. The molecular formula is C22H25NO5. The third kappa shape index (κ3) is 4.11. The van der Waals surface area contributed by atoms with Crippen molar-refractivity contribution in [2.24, 2.45) is 0 Å². The molecule has 0 spiro atoms. The number of hydrogen-bond donors (Lipinski definition) is 1. The van der Waals surface area contributed by atoms with Gasteiger partial charge in [-0.3, -0.25) is 4.79 Å². The van der Waals surface area contributed by atoms with Crippen LogP contribution in [0.1, 0.15) is 43.1 Å². The largest absolute Gasteiger partial charge is 0.494 e. The maximum absolute atomic E-state index is 12.8. The zero-order valence-corrected chi connectivity index (χ0v) is 16.4. The molecule has 1 aliphatic rings. The number of benzene rings is 2. The van der Waals surface area contributed by atoms with Crippen molar-refractivity contribution < 1.29 is 24.2 Å². The maximum Gasteiger partial charge on any atom is 0.335 e. The Hall–Kier alpha value is -3.02. The lowest BCUT2D eigenvalue weighted by Crippen LogP contribution is -2.53. The van der Waals surface area contributed by atoms with Crippen molar-refractivity contribution in [2.45, 2.75) is 39.2 Å². The Kier molecular flexibility index (Phi) is 5.58. The number of carboxylic acids is 1. The van der Waals surface area contributed by atoms with E-state index in [0.29, 0.717) is 31.0 Å². The van der Waals surface area contributed by atoms with Gasteiger partial charge in [0, 0.05) is 6.54 Å². The molecular weight excluding hydrogens is 358 g/mol. The van der Waals surface area contributed by atoms with Crippen molar-refractivity contribution in [3.63, 3.8) is 0 Å². The first-order chi connectivity index (χ1) is 13.3. The third-order valence-electron chi connectivity index (χ3n) is 4.75. The van der Waals surface area contributed by atoms with Gasteiger partial charge in [-0.05, 0) is 62.6 Å². The van der Waals surface area contributed by atoms with E-state index in [4.69, 9.17) is 9.47 Å². The standard InChI is InChI=1S/C22H25NO5/c1-4-15-6-9-17(10-7-15)27-13-5-12-23-18-14-16(20(24)25)8-11-19(18)28-22(2,3)21(23)26/h6-11,14H,4-5,12-13H2,1-3H3,(H,24,25). The van der Waals surface area contributed by atoms with Gasteiger partial charge in [-0.1, -0.05) is 19.1 Å². The van der Waals surface area contributed by atoms with E-state index >= 15 is 0 Å².